The lowest BCUT2D eigenvalue weighted by atomic mass is 10.3. The Morgan fingerprint density at radius 3 is 3.12 bits per heavy atom. The molecule has 2 aromatic heterocycles. The normalized spacial score (nSPS) is 10.6. The highest BCUT2D eigenvalue weighted by Gasteiger charge is 2.05. The Balaban J connectivity index is 1.39. The minimum Gasteiger partial charge on any atom is -0.484 e. The van der Waals surface area contributed by atoms with E-state index in [0.29, 0.717) is 23.2 Å². The largest absolute Gasteiger partial charge is 0.484 e. The van der Waals surface area contributed by atoms with Gasteiger partial charge < -0.3 is 10.1 Å². The van der Waals surface area contributed by atoms with Gasteiger partial charge in [0.05, 0.1) is 5.69 Å². The third kappa shape index (κ3) is 5.01. The number of nitrogens with one attached hydrogen (secondary N) is 2. The molecule has 2 heterocycles. The molecule has 130 valence electrons. The van der Waals surface area contributed by atoms with Crippen molar-refractivity contribution in [3.8, 4) is 11.4 Å². The number of rotatable bonds is 8. The van der Waals surface area contributed by atoms with Crippen LogP contribution in [-0.2, 0) is 4.79 Å². The molecular weight excluding hydrogens is 344 g/mol. The summed E-state index contributed by atoms with van der Waals surface area (Å²) in [5, 5.41) is 21.2. The maximum atomic E-state index is 11.8. The Bertz CT molecular complexity index is 820. The lowest BCUT2D eigenvalue weighted by Gasteiger charge is -2.08. The predicted octanol–water partition coefficient (Wildman–Crippen LogP) is 0.376. The molecule has 10 nitrogen and oxygen atoms in total. The van der Waals surface area contributed by atoms with Gasteiger partial charge in [0.2, 0.25) is 5.16 Å². The maximum Gasteiger partial charge on any atom is 0.257 e. The van der Waals surface area contributed by atoms with E-state index >= 15 is 0 Å². The monoisotopic (exact) mass is 360 g/mol. The molecule has 0 saturated heterocycles. The first-order chi connectivity index (χ1) is 12.2. The second-order valence-corrected chi connectivity index (χ2v) is 6.00. The number of carbonyl (C=O) groups is 1. The number of aromatic nitrogens is 7. The van der Waals surface area contributed by atoms with Crippen LogP contribution >= 0.6 is 11.8 Å². The Morgan fingerprint density at radius 2 is 2.36 bits per heavy atom. The Morgan fingerprint density at radius 1 is 1.44 bits per heavy atom. The molecule has 1 aromatic carbocycles. The number of aromatic amines is 1. The first kappa shape index (κ1) is 16.9. The number of ether oxygens (including phenoxy) is 1. The molecule has 0 unspecified atom stereocenters. The summed E-state index contributed by atoms with van der Waals surface area (Å²) in [6.45, 7) is 2.28. The van der Waals surface area contributed by atoms with Crippen LogP contribution < -0.4 is 10.1 Å². The Kier molecular flexibility index (Phi) is 5.57. The van der Waals surface area contributed by atoms with Crippen molar-refractivity contribution < 1.29 is 9.53 Å². The highest BCUT2D eigenvalue weighted by Crippen LogP contribution is 2.15. The van der Waals surface area contributed by atoms with Gasteiger partial charge in [-0.1, -0.05) is 17.8 Å². The number of hydrogen-bond donors (Lipinski definition) is 2. The minimum atomic E-state index is -0.195. The van der Waals surface area contributed by atoms with Crippen molar-refractivity contribution in [1.29, 1.82) is 0 Å². The second-order valence-electron chi connectivity index (χ2n) is 4.94. The van der Waals surface area contributed by atoms with E-state index in [9.17, 15) is 4.79 Å². The highest BCUT2D eigenvalue weighted by atomic mass is 32.2. The Hall–Kier alpha value is -2.95. The Labute approximate surface area is 147 Å². The van der Waals surface area contributed by atoms with E-state index in [1.54, 1.807) is 18.2 Å². The minimum absolute atomic E-state index is 0.0660. The third-order valence-electron chi connectivity index (χ3n) is 3.03. The average Bonchev–Trinajstić information content (AvgIpc) is 3.29. The van der Waals surface area contributed by atoms with Gasteiger partial charge >= 0.3 is 0 Å². The topological polar surface area (TPSA) is 124 Å². The number of carbonyl (C=O) groups excluding carboxylic acids is 1. The fourth-order valence-corrected chi connectivity index (χ4v) is 2.61. The molecule has 3 aromatic rings. The number of thioether (sulfide) groups is 1. The van der Waals surface area contributed by atoms with Gasteiger partial charge in [-0.15, -0.1) is 10.2 Å². The number of amides is 1. The lowest BCUT2D eigenvalue weighted by molar-refractivity contribution is -0.122. The highest BCUT2D eigenvalue weighted by molar-refractivity contribution is 7.99. The zero-order valence-corrected chi connectivity index (χ0v) is 14.2. The quantitative estimate of drug-likeness (QED) is 0.436. The van der Waals surface area contributed by atoms with Gasteiger partial charge in [-0.05, 0) is 29.5 Å². The fraction of sp³-hybridized carbons (Fsp3) is 0.286. The number of nitrogens with zero attached hydrogens (tertiary/aromatic N) is 6. The van der Waals surface area contributed by atoms with Gasteiger partial charge in [0.15, 0.2) is 6.61 Å². The molecule has 0 radical (unpaired) electrons. The van der Waals surface area contributed by atoms with Crippen LogP contribution in [0.2, 0.25) is 0 Å². The zero-order chi connectivity index (χ0) is 17.5. The summed E-state index contributed by atoms with van der Waals surface area (Å²) < 4.78 is 7.00. The van der Waals surface area contributed by atoms with Crippen molar-refractivity contribution in [3.05, 3.63) is 36.4 Å². The van der Waals surface area contributed by atoms with Gasteiger partial charge in [-0.3, -0.25) is 9.89 Å². The van der Waals surface area contributed by atoms with Gasteiger partial charge in [-0.2, -0.15) is 0 Å². The van der Waals surface area contributed by atoms with Crippen molar-refractivity contribution in [1.82, 2.24) is 40.7 Å². The van der Waals surface area contributed by atoms with Gasteiger partial charge in [0, 0.05) is 18.4 Å². The SMILES string of the molecule is Cc1nc(SCCNC(=O)COc2cccc(-n3cnnn3)c2)n[nH]1. The summed E-state index contributed by atoms with van der Waals surface area (Å²) in [7, 11) is 0. The molecular formula is C14H16N8O2S. The van der Waals surface area contributed by atoms with E-state index in [0.717, 1.165) is 11.5 Å². The molecule has 0 aliphatic carbocycles. The number of aryl methyl sites for hydroxylation is 1. The third-order valence-corrected chi connectivity index (χ3v) is 3.88. The molecule has 25 heavy (non-hydrogen) atoms. The molecule has 0 atom stereocenters. The molecule has 0 saturated carbocycles. The maximum absolute atomic E-state index is 11.8. The first-order valence-electron chi connectivity index (χ1n) is 7.45. The summed E-state index contributed by atoms with van der Waals surface area (Å²) in [6, 6.07) is 7.17. The van der Waals surface area contributed by atoms with Crippen molar-refractivity contribution in [3.63, 3.8) is 0 Å². The van der Waals surface area contributed by atoms with Gasteiger partial charge in [0.1, 0.15) is 17.9 Å². The number of H-pyrrole nitrogens is 1. The molecule has 0 spiro atoms. The van der Waals surface area contributed by atoms with Crippen LogP contribution in [0.3, 0.4) is 0 Å². The molecule has 0 fully saturated rings. The smallest absolute Gasteiger partial charge is 0.257 e. The van der Waals surface area contributed by atoms with E-state index in [1.807, 2.05) is 13.0 Å². The molecule has 0 aliphatic heterocycles. The molecule has 2 N–H and O–H groups in total. The summed E-state index contributed by atoms with van der Waals surface area (Å²) >= 11 is 1.47. The van der Waals surface area contributed by atoms with Crippen LogP contribution in [0, 0.1) is 6.92 Å². The summed E-state index contributed by atoms with van der Waals surface area (Å²) in [5.41, 5.74) is 0.751. The number of hydrogen-bond acceptors (Lipinski definition) is 8. The summed E-state index contributed by atoms with van der Waals surface area (Å²) in [4.78, 5) is 16.0. The fourth-order valence-electron chi connectivity index (χ4n) is 1.91. The lowest BCUT2D eigenvalue weighted by Crippen LogP contribution is -2.30. The van der Waals surface area contributed by atoms with E-state index in [-0.39, 0.29) is 12.5 Å². The van der Waals surface area contributed by atoms with E-state index in [4.69, 9.17) is 4.74 Å². The standard InChI is InChI=1S/C14H16N8O2S/c1-10-17-14(19-18-10)25-6-5-15-13(23)8-24-12-4-2-3-11(7-12)22-9-16-20-21-22/h2-4,7,9H,5-6,8H2,1H3,(H,15,23)(H,17,18,19). The van der Waals surface area contributed by atoms with Crippen LogP contribution in [0.25, 0.3) is 5.69 Å². The second kappa shape index (κ2) is 8.24. The first-order valence-corrected chi connectivity index (χ1v) is 8.44. The van der Waals surface area contributed by atoms with E-state index < -0.39 is 0 Å². The predicted molar refractivity (Wildman–Crippen MR) is 89.5 cm³/mol. The number of benzene rings is 1. The van der Waals surface area contributed by atoms with Crippen LogP contribution in [0.1, 0.15) is 5.82 Å². The van der Waals surface area contributed by atoms with Crippen molar-refractivity contribution in [2.24, 2.45) is 0 Å². The zero-order valence-electron chi connectivity index (χ0n) is 13.4. The van der Waals surface area contributed by atoms with Crippen molar-refractivity contribution >= 4 is 17.7 Å². The molecule has 3 rings (SSSR count). The van der Waals surface area contributed by atoms with Crippen LogP contribution in [0.15, 0.2) is 35.7 Å². The average molecular weight is 360 g/mol. The van der Waals surface area contributed by atoms with E-state index in [1.165, 1.54) is 22.8 Å². The summed E-state index contributed by atoms with van der Waals surface area (Å²) in [6.07, 6.45) is 1.49. The summed E-state index contributed by atoms with van der Waals surface area (Å²) in [5.74, 6) is 1.81. The van der Waals surface area contributed by atoms with Crippen molar-refractivity contribution in [2.45, 2.75) is 12.1 Å². The van der Waals surface area contributed by atoms with Crippen LogP contribution in [-0.4, -0.2) is 60.2 Å². The van der Waals surface area contributed by atoms with Gasteiger partial charge in [-0.25, -0.2) is 9.67 Å². The van der Waals surface area contributed by atoms with Crippen LogP contribution in [0.5, 0.6) is 5.75 Å². The number of tetrazole rings is 1. The molecule has 0 aliphatic rings. The molecule has 0 bridgehead atoms. The van der Waals surface area contributed by atoms with Crippen molar-refractivity contribution in [2.75, 3.05) is 18.9 Å². The molecule has 1 amide bonds. The van der Waals surface area contributed by atoms with E-state index in [2.05, 4.69) is 36.0 Å². The van der Waals surface area contributed by atoms with Crippen LogP contribution in [0.4, 0.5) is 0 Å². The van der Waals surface area contributed by atoms with Gasteiger partial charge in [0.25, 0.3) is 5.91 Å². The molecule has 11 heteroatoms.